The second-order valence-corrected chi connectivity index (χ2v) is 6.82. The molecule has 5 heteroatoms. The molecule has 2 aromatic carbocycles. The van der Waals surface area contributed by atoms with Gasteiger partial charge in [0.2, 0.25) is 0 Å². The van der Waals surface area contributed by atoms with Crippen LogP contribution in [0.15, 0.2) is 66.7 Å². The van der Waals surface area contributed by atoms with Gasteiger partial charge in [0.15, 0.2) is 0 Å². The number of aromatic nitrogens is 2. The van der Waals surface area contributed by atoms with Gasteiger partial charge in [-0.2, -0.15) is 0 Å². The molecule has 3 aromatic rings. The van der Waals surface area contributed by atoms with Crippen LogP contribution < -0.4 is 10.2 Å². The molecule has 0 atom stereocenters. The van der Waals surface area contributed by atoms with Crippen LogP contribution in [0.2, 0.25) is 0 Å². The van der Waals surface area contributed by atoms with Gasteiger partial charge in [0.05, 0.1) is 6.54 Å². The van der Waals surface area contributed by atoms with E-state index in [1.165, 1.54) is 0 Å². The maximum atomic E-state index is 13.4. The van der Waals surface area contributed by atoms with Crippen molar-refractivity contribution in [2.75, 3.05) is 10.2 Å². The maximum Gasteiger partial charge on any atom is 0.277 e. The monoisotopic (exact) mass is 358 g/mol. The van der Waals surface area contributed by atoms with Crippen LogP contribution in [0.4, 0.5) is 11.5 Å². The molecule has 0 spiro atoms. The van der Waals surface area contributed by atoms with Crippen molar-refractivity contribution in [1.82, 2.24) is 9.97 Å². The van der Waals surface area contributed by atoms with Crippen molar-refractivity contribution >= 4 is 17.4 Å². The van der Waals surface area contributed by atoms with Gasteiger partial charge in [-0.05, 0) is 37.5 Å². The van der Waals surface area contributed by atoms with E-state index in [0.29, 0.717) is 24.1 Å². The molecule has 0 aliphatic heterocycles. The van der Waals surface area contributed by atoms with E-state index in [-0.39, 0.29) is 5.91 Å². The average molecular weight is 358 g/mol. The molecule has 0 bridgehead atoms. The zero-order chi connectivity index (χ0) is 18.6. The molecule has 1 aliphatic carbocycles. The minimum Gasteiger partial charge on any atom is -0.367 e. The number of amides is 1. The third kappa shape index (κ3) is 4.31. The Bertz CT molecular complexity index is 924. The van der Waals surface area contributed by atoms with Crippen LogP contribution >= 0.6 is 0 Å². The molecule has 136 valence electrons. The molecule has 0 saturated heterocycles. The van der Waals surface area contributed by atoms with Crippen molar-refractivity contribution in [1.29, 1.82) is 0 Å². The van der Waals surface area contributed by atoms with Crippen LogP contribution in [0.5, 0.6) is 0 Å². The van der Waals surface area contributed by atoms with Crippen LogP contribution in [0.25, 0.3) is 0 Å². The summed E-state index contributed by atoms with van der Waals surface area (Å²) >= 11 is 0. The van der Waals surface area contributed by atoms with Crippen molar-refractivity contribution in [2.24, 2.45) is 0 Å². The highest BCUT2D eigenvalue weighted by Crippen LogP contribution is 2.25. The van der Waals surface area contributed by atoms with Crippen LogP contribution in [-0.2, 0) is 6.54 Å². The van der Waals surface area contributed by atoms with E-state index in [9.17, 15) is 4.79 Å². The number of nitrogens with zero attached hydrogens (tertiary/aromatic N) is 3. The fourth-order valence-electron chi connectivity index (χ4n) is 2.98. The number of anilines is 2. The molecule has 1 amide bonds. The molecule has 1 heterocycles. The van der Waals surface area contributed by atoms with Crippen LogP contribution in [0.1, 0.15) is 34.7 Å². The van der Waals surface area contributed by atoms with Crippen LogP contribution in [0, 0.1) is 6.92 Å². The zero-order valence-electron chi connectivity index (χ0n) is 15.3. The number of hydrogen-bond donors (Lipinski definition) is 1. The van der Waals surface area contributed by atoms with Gasteiger partial charge in [0, 0.05) is 17.8 Å². The Balaban J connectivity index is 1.66. The number of rotatable bonds is 6. The van der Waals surface area contributed by atoms with Gasteiger partial charge in [0.1, 0.15) is 17.3 Å². The SMILES string of the molecule is Cc1nc(NC2CC2)cc(C(=O)N(Cc2ccccc2)c2ccccc2)n1. The molecule has 0 radical (unpaired) electrons. The van der Waals surface area contributed by atoms with Gasteiger partial charge in [-0.25, -0.2) is 9.97 Å². The minimum absolute atomic E-state index is 0.130. The summed E-state index contributed by atoms with van der Waals surface area (Å²) in [5.74, 6) is 1.19. The van der Waals surface area contributed by atoms with Crippen molar-refractivity contribution in [2.45, 2.75) is 32.4 Å². The Kier molecular flexibility index (Phi) is 4.83. The van der Waals surface area contributed by atoms with Crippen molar-refractivity contribution in [3.05, 3.63) is 83.8 Å². The number of para-hydroxylation sites is 1. The van der Waals surface area contributed by atoms with E-state index in [1.54, 1.807) is 11.0 Å². The summed E-state index contributed by atoms with van der Waals surface area (Å²) in [4.78, 5) is 24.0. The van der Waals surface area contributed by atoms with Gasteiger partial charge in [-0.3, -0.25) is 4.79 Å². The lowest BCUT2D eigenvalue weighted by Crippen LogP contribution is -2.31. The summed E-state index contributed by atoms with van der Waals surface area (Å²) in [6.07, 6.45) is 2.30. The molecule has 1 fully saturated rings. The molecule has 1 N–H and O–H groups in total. The summed E-state index contributed by atoms with van der Waals surface area (Å²) in [6, 6.07) is 21.9. The Morgan fingerprint density at radius 3 is 2.37 bits per heavy atom. The first kappa shape index (κ1) is 17.2. The molecule has 5 nitrogen and oxygen atoms in total. The predicted molar refractivity (Wildman–Crippen MR) is 107 cm³/mol. The van der Waals surface area contributed by atoms with Gasteiger partial charge in [0.25, 0.3) is 5.91 Å². The molecular formula is C22H22N4O. The second-order valence-electron chi connectivity index (χ2n) is 6.82. The standard InChI is InChI=1S/C22H22N4O/c1-16-23-20(14-21(24-16)25-18-12-13-18)22(27)26(19-10-6-3-7-11-19)15-17-8-4-2-5-9-17/h2-11,14,18H,12-13,15H2,1H3,(H,23,24,25). The lowest BCUT2D eigenvalue weighted by Gasteiger charge is -2.23. The first-order chi connectivity index (χ1) is 13.2. The number of benzene rings is 2. The highest BCUT2D eigenvalue weighted by Gasteiger charge is 2.24. The third-order valence-electron chi connectivity index (χ3n) is 4.48. The highest BCUT2D eigenvalue weighted by molar-refractivity contribution is 6.05. The van der Waals surface area contributed by atoms with Crippen molar-refractivity contribution in [3.63, 3.8) is 0 Å². The molecule has 1 aromatic heterocycles. The molecule has 1 aliphatic rings. The summed E-state index contributed by atoms with van der Waals surface area (Å²) < 4.78 is 0. The number of aryl methyl sites for hydroxylation is 1. The number of nitrogens with one attached hydrogen (secondary N) is 1. The summed E-state index contributed by atoms with van der Waals surface area (Å²) in [5.41, 5.74) is 2.32. The predicted octanol–water partition coefficient (Wildman–Crippen LogP) is 4.21. The topological polar surface area (TPSA) is 58.1 Å². The smallest absolute Gasteiger partial charge is 0.277 e. The first-order valence-electron chi connectivity index (χ1n) is 9.22. The summed E-state index contributed by atoms with van der Waals surface area (Å²) in [7, 11) is 0. The van der Waals surface area contributed by atoms with Gasteiger partial charge >= 0.3 is 0 Å². The van der Waals surface area contributed by atoms with E-state index in [1.807, 2.05) is 67.6 Å². The third-order valence-corrected chi connectivity index (χ3v) is 4.48. The molecule has 4 rings (SSSR count). The maximum absolute atomic E-state index is 13.4. The fourth-order valence-corrected chi connectivity index (χ4v) is 2.98. The van der Waals surface area contributed by atoms with E-state index >= 15 is 0 Å². The highest BCUT2D eigenvalue weighted by atomic mass is 16.2. The largest absolute Gasteiger partial charge is 0.367 e. The second kappa shape index (κ2) is 7.58. The Morgan fingerprint density at radius 1 is 1.04 bits per heavy atom. The average Bonchev–Trinajstić information content (AvgIpc) is 3.50. The Labute approximate surface area is 159 Å². The van der Waals surface area contributed by atoms with Crippen LogP contribution in [0.3, 0.4) is 0 Å². The quantitative estimate of drug-likeness (QED) is 0.717. The Hall–Kier alpha value is -3.21. The van der Waals surface area contributed by atoms with E-state index < -0.39 is 0 Å². The molecule has 0 unspecified atom stereocenters. The van der Waals surface area contributed by atoms with Crippen LogP contribution in [-0.4, -0.2) is 21.9 Å². The normalized spacial score (nSPS) is 13.2. The zero-order valence-corrected chi connectivity index (χ0v) is 15.3. The lowest BCUT2D eigenvalue weighted by atomic mass is 10.1. The van der Waals surface area contributed by atoms with Gasteiger partial charge < -0.3 is 10.2 Å². The Morgan fingerprint density at radius 2 is 1.70 bits per heavy atom. The molecule has 27 heavy (non-hydrogen) atoms. The van der Waals surface area contributed by atoms with Crippen molar-refractivity contribution < 1.29 is 4.79 Å². The summed E-state index contributed by atoms with van der Waals surface area (Å²) in [6.45, 7) is 2.30. The summed E-state index contributed by atoms with van der Waals surface area (Å²) in [5, 5.41) is 3.36. The van der Waals surface area contributed by atoms with E-state index in [0.717, 1.165) is 29.9 Å². The molecular weight excluding hydrogens is 336 g/mol. The first-order valence-corrected chi connectivity index (χ1v) is 9.22. The van der Waals surface area contributed by atoms with Gasteiger partial charge in [-0.15, -0.1) is 0 Å². The number of carbonyl (C=O) groups is 1. The van der Waals surface area contributed by atoms with E-state index in [2.05, 4.69) is 15.3 Å². The lowest BCUT2D eigenvalue weighted by molar-refractivity contribution is 0.0980. The fraction of sp³-hybridized carbons (Fsp3) is 0.227. The minimum atomic E-state index is -0.130. The molecule has 1 saturated carbocycles. The van der Waals surface area contributed by atoms with E-state index in [4.69, 9.17) is 0 Å². The number of hydrogen-bond acceptors (Lipinski definition) is 4. The van der Waals surface area contributed by atoms with Crippen molar-refractivity contribution in [3.8, 4) is 0 Å². The van der Waals surface area contributed by atoms with Gasteiger partial charge in [-0.1, -0.05) is 48.5 Å². The number of carbonyl (C=O) groups excluding carboxylic acids is 1.